The van der Waals surface area contributed by atoms with Gasteiger partial charge in [0.2, 0.25) is 11.8 Å². The highest BCUT2D eigenvalue weighted by Gasteiger charge is 2.36. The fourth-order valence-corrected chi connectivity index (χ4v) is 2.59. The van der Waals surface area contributed by atoms with E-state index < -0.39 is 5.91 Å². The summed E-state index contributed by atoms with van der Waals surface area (Å²) in [7, 11) is 1.55. The van der Waals surface area contributed by atoms with Crippen LogP contribution in [0.4, 0.5) is 5.69 Å². The van der Waals surface area contributed by atoms with Gasteiger partial charge in [-0.15, -0.1) is 0 Å². The van der Waals surface area contributed by atoms with E-state index in [1.165, 1.54) is 0 Å². The maximum Gasteiger partial charge on any atom is 0.228 e. The third-order valence-corrected chi connectivity index (χ3v) is 3.58. The van der Waals surface area contributed by atoms with E-state index >= 15 is 0 Å². The zero-order valence-electron chi connectivity index (χ0n) is 10.9. The van der Waals surface area contributed by atoms with Crippen LogP contribution in [0.5, 0.6) is 5.75 Å². The van der Waals surface area contributed by atoms with Crippen molar-refractivity contribution in [1.82, 2.24) is 0 Å². The molecule has 19 heavy (non-hydrogen) atoms. The van der Waals surface area contributed by atoms with Crippen LogP contribution >= 0.6 is 0 Å². The molecule has 5 nitrogen and oxygen atoms in total. The largest absolute Gasteiger partial charge is 0.495 e. The molecule has 0 bridgehead atoms. The number of hydrogen-bond acceptors (Lipinski definition) is 3. The van der Waals surface area contributed by atoms with Gasteiger partial charge in [-0.1, -0.05) is 18.6 Å². The van der Waals surface area contributed by atoms with Crippen molar-refractivity contribution in [3.63, 3.8) is 0 Å². The number of nitrogens with two attached hydrogens (primary N) is 1. The van der Waals surface area contributed by atoms with Crippen molar-refractivity contribution in [3.05, 3.63) is 24.3 Å². The van der Waals surface area contributed by atoms with Gasteiger partial charge in [0.05, 0.1) is 12.8 Å². The maximum atomic E-state index is 12.2. The van der Waals surface area contributed by atoms with Crippen molar-refractivity contribution in [2.24, 2.45) is 17.6 Å². The predicted molar refractivity (Wildman–Crippen MR) is 71.6 cm³/mol. The average Bonchev–Trinajstić information content (AvgIpc) is 2.88. The molecule has 0 aliphatic heterocycles. The van der Waals surface area contributed by atoms with Crippen molar-refractivity contribution in [2.75, 3.05) is 12.4 Å². The standard InChI is InChI=1S/C14H18N2O3/c1-19-12-8-3-2-7-11(12)16-14(18)10-6-4-5-9(10)13(15)17/h2-3,7-10H,4-6H2,1H3,(H2,15,17)(H,16,18)/t9-,10+/m0/s1. The highest BCUT2D eigenvalue weighted by Crippen LogP contribution is 2.33. The quantitative estimate of drug-likeness (QED) is 0.863. The lowest BCUT2D eigenvalue weighted by Gasteiger charge is -2.17. The van der Waals surface area contributed by atoms with Crippen molar-refractivity contribution < 1.29 is 14.3 Å². The van der Waals surface area contributed by atoms with Crippen LogP contribution in [0.3, 0.4) is 0 Å². The van der Waals surface area contributed by atoms with Gasteiger partial charge < -0.3 is 15.8 Å². The number of para-hydroxylation sites is 2. The number of nitrogens with one attached hydrogen (secondary N) is 1. The van der Waals surface area contributed by atoms with Gasteiger partial charge in [0.15, 0.2) is 0 Å². The lowest BCUT2D eigenvalue weighted by Crippen LogP contribution is -2.33. The highest BCUT2D eigenvalue weighted by atomic mass is 16.5. The van der Waals surface area contributed by atoms with E-state index in [0.29, 0.717) is 24.3 Å². The van der Waals surface area contributed by atoms with E-state index in [9.17, 15) is 9.59 Å². The van der Waals surface area contributed by atoms with Crippen LogP contribution in [0.15, 0.2) is 24.3 Å². The second kappa shape index (κ2) is 5.73. The molecule has 3 N–H and O–H groups in total. The number of rotatable bonds is 4. The molecule has 102 valence electrons. The van der Waals surface area contributed by atoms with Crippen molar-refractivity contribution in [2.45, 2.75) is 19.3 Å². The Morgan fingerprint density at radius 1 is 1.26 bits per heavy atom. The molecular weight excluding hydrogens is 244 g/mol. The number of benzene rings is 1. The van der Waals surface area contributed by atoms with Crippen LogP contribution in [-0.4, -0.2) is 18.9 Å². The Kier molecular flexibility index (Phi) is 4.04. The summed E-state index contributed by atoms with van der Waals surface area (Å²) >= 11 is 0. The van der Waals surface area contributed by atoms with Gasteiger partial charge in [0.25, 0.3) is 0 Å². The Balaban J connectivity index is 2.10. The first-order chi connectivity index (χ1) is 9.13. The maximum absolute atomic E-state index is 12.2. The van der Waals surface area contributed by atoms with Crippen LogP contribution in [0.2, 0.25) is 0 Å². The third kappa shape index (κ3) is 2.86. The Morgan fingerprint density at radius 3 is 2.63 bits per heavy atom. The fraction of sp³-hybridized carbons (Fsp3) is 0.429. The fourth-order valence-electron chi connectivity index (χ4n) is 2.59. The molecule has 2 rings (SSSR count). The van der Waals surface area contributed by atoms with E-state index in [-0.39, 0.29) is 17.7 Å². The van der Waals surface area contributed by atoms with Gasteiger partial charge >= 0.3 is 0 Å². The van der Waals surface area contributed by atoms with Gasteiger partial charge in [-0.25, -0.2) is 0 Å². The summed E-state index contributed by atoms with van der Waals surface area (Å²) in [6.07, 6.45) is 2.26. The second-order valence-electron chi connectivity index (χ2n) is 4.74. The summed E-state index contributed by atoms with van der Waals surface area (Å²) in [4.78, 5) is 23.5. The van der Waals surface area contributed by atoms with Gasteiger partial charge in [-0.2, -0.15) is 0 Å². The van der Waals surface area contributed by atoms with Crippen LogP contribution < -0.4 is 15.8 Å². The number of hydrogen-bond donors (Lipinski definition) is 2. The van der Waals surface area contributed by atoms with Crippen molar-refractivity contribution >= 4 is 17.5 Å². The molecule has 0 heterocycles. The number of carbonyl (C=O) groups is 2. The van der Waals surface area contributed by atoms with E-state index in [2.05, 4.69) is 5.32 Å². The third-order valence-electron chi connectivity index (χ3n) is 3.58. The van der Waals surface area contributed by atoms with Gasteiger partial charge in [-0.05, 0) is 25.0 Å². The molecule has 0 saturated heterocycles. The molecule has 0 radical (unpaired) electrons. The van der Waals surface area contributed by atoms with Gasteiger partial charge in [0.1, 0.15) is 5.75 Å². The Morgan fingerprint density at radius 2 is 1.95 bits per heavy atom. The Hall–Kier alpha value is -2.04. The summed E-state index contributed by atoms with van der Waals surface area (Å²) in [5, 5.41) is 2.82. The van der Waals surface area contributed by atoms with E-state index in [4.69, 9.17) is 10.5 Å². The average molecular weight is 262 g/mol. The molecule has 1 aromatic carbocycles. The molecule has 1 saturated carbocycles. The van der Waals surface area contributed by atoms with Gasteiger partial charge in [-0.3, -0.25) is 9.59 Å². The first kappa shape index (κ1) is 13.4. The van der Waals surface area contributed by atoms with Crippen molar-refractivity contribution in [1.29, 1.82) is 0 Å². The predicted octanol–water partition coefficient (Wildman–Crippen LogP) is 1.54. The SMILES string of the molecule is COc1ccccc1NC(=O)[C@@H]1CCC[C@@H]1C(N)=O. The lowest BCUT2D eigenvalue weighted by atomic mass is 9.94. The molecule has 2 atom stereocenters. The molecule has 1 fully saturated rings. The zero-order chi connectivity index (χ0) is 13.8. The molecule has 2 amide bonds. The number of carbonyl (C=O) groups excluding carboxylic acids is 2. The van der Waals surface area contributed by atoms with Crippen LogP contribution in [0.1, 0.15) is 19.3 Å². The molecule has 1 aromatic rings. The molecule has 0 unspecified atom stereocenters. The summed E-state index contributed by atoms with van der Waals surface area (Å²) < 4.78 is 5.18. The lowest BCUT2D eigenvalue weighted by molar-refractivity contribution is -0.129. The summed E-state index contributed by atoms with van der Waals surface area (Å²) in [5.41, 5.74) is 5.95. The normalized spacial score (nSPS) is 21.9. The second-order valence-corrected chi connectivity index (χ2v) is 4.74. The monoisotopic (exact) mass is 262 g/mol. The van der Waals surface area contributed by atoms with E-state index in [1.807, 2.05) is 12.1 Å². The smallest absolute Gasteiger partial charge is 0.228 e. The van der Waals surface area contributed by atoms with E-state index in [1.54, 1.807) is 19.2 Å². The van der Waals surface area contributed by atoms with Crippen LogP contribution in [0.25, 0.3) is 0 Å². The molecular formula is C14H18N2O3. The molecule has 0 spiro atoms. The zero-order valence-corrected chi connectivity index (χ0v) is 10.9. The summed E-state index contributed by atoms with van der Waals surface area (Å²) in [5.74, 6) is -0.634. The van der Waals surface area contributed by atoms with E-state index in [0.717, 1.165) is 6.42 Å². The van der Waals surface area contributed by atoms with Crippen LogP contribution in [0, 0.1) is 11.8 Å². The minimum Gasteiger partial charge on any atom is -0.495 e. The number of methoxy groups -OCH3 is 1. The Bertz CT molecular complexity index is 487. The number of anilines is 1. The molecule has 0 aromatic heterocycles. The topological polar surface area (TPSA) is 81.4 Å². The molecule has 1 aliphatic rings. The first-order valence-corrected chi connectivity index (χ1v) is 6.36. The number of primary amides is 1. The minimum atomic E-state index is -0.391. The van der Waals surface area contributed by atoms with Crippen LogP contribution in [-0.2, 0) is 9.59 Å². The minimum absolute atomic E-state index is 0.161. The highest BCUT2D eigenvalue weighted by molar-refractivity contribution is 5.97. The van der Waals surface area contributed by atoms with Gasteiger partial charge in [0, 0.05) is 11.8 Å². The van der Waals surface area contributed by atoms with Crippen molar-refractivity contribution in [3.8, 4) is 5.75 Å². The first-order valence-electron chi connectivity index (χ1n) is 6.36. The Labute approximate surface area is 112 Å². The summed E-state index contributed by atoms with van der Waals surface area (Å²) in [6.45, 7) is 0. The number of ether oxygens (including phenoxy) is 1. The summed E-state index contributed by atoms with van der Waals surface area (Å²) in [6, 6.07) is 7.19. The molecule has 5 heteroatoms. The molecule has 1 aliphatic carbocycles. The number of amides is 2.